The summed E-state index contributed by atoms with van der Waals surface area (Å²) in [4.78, 5) is 2.40. The lowest BCUT2D eigenvalue weighted by Gasteiger charge is -2.41. The highest BCUT2D eigenvalue weighted by Crippen LogP contribution is 2.37. The second kappa shape index (κ2) is 10.0. The molecule has 0 unspecified atom stereocenters. The number of hydrogen-bond donors (Lipinski definition) is 1. The van der Waals surface area contributed by atoms with Gasteiger partial charge in [-0.25, -0.2) is 4.39 Å². The van der Waals surface area contributed by atoms with Crippen molar-refractivity contribution in [2.24, 2.45) is 5.92 Å². The molecule has 1 aromatic carbocycles. The topological polar surface area (TPSA) is 24.5 Å². The smallest absolute Gasteiger partial charge is 0.128 e. The van der Waals surface area contributed by atoms with Crippen LogP contribution in [0, 0.1) is 11.7 Å². The van der Waals surface area contributed by atoms with Crippen molar-refractivity contribution >= 4 is 36.4 Å². The fourth-order valence-corrected chi connectivity index (χ4v) is 3.66. The fourth-order valence-electron chi connectivity index (χ4n) is 3.48. The first-order valence-electron chi connectivity index (χ1n) is 7.73. The van der Waals surface area contributed by atoms with Crippen LogP contribution in [0.1, 0.15) is 24.4 Å². The second-order valence-corrected chi connectivity index (χ2v) is 6.28. The highest BCUT2D eigenvalue weighted by atomic mass is 35.5. The van der Waals surface area contributed by atoms with Gasteiger partial charge in [0.15, 0.2) is 0 Å². The van der Waals surface area contributed by atoms with E-state index in [1.165, 1.54) is 6.07 Å². The average molecular weight is 386 g/mol. The fraction of sp³-hybridized carbons (Fsp3) is 0.625. The molecule has 0 bridgehead atoms. The van der Waals surface area contributed by atoms with Crippen LogP contribution >= 0.6 is 36.4 Å². The number of nitrogens with one attached hydrogen (secondary N) is 1. The number of benzene rings is 1. The molecule has 1 aromatic rings. The molecule has 23 heavy (non-hydrogen) atoms. The molecule has 0 radical (unpaired) electrons. The number of nitrogens with zero attached hydrogens (tertiary/aromatic N) is 1. The van der Waals surface area contributed by atoms with Crippen LogP contribution in [0.3, 0.4) is 0 Å². The second-order valence-electron chi connectivity index (χ2n) is 5.85. The first kappa shape index (κ1) is 20.9. The quantitative estimate of drug-likeness (QED) is 0.858. The zero-order chi connectivity index (χ0) is 14.7. The van der Waals surface area contributed by atoms with Crippen LogP contribution in [-0.4, -0.2) is 44.3 Å². The number of rotatable bonds is 3. The summed E-state index contributed by atoms with van der Waals surface area (Å²) >= 11 is 6.12. The van der Waals surface area contributed by atoms with Crippen molar-refractivity contribution in [1.29, 1.82) is 0 Å². The molecular formula is C16H24Cl3FN2O. The molecule has 0 aliphatic carbocycles. The van der Waals surface area contributed by atoms with Gasteiger partial charge >= 0.3 is 0 Å². The van der Waals surface area contributed by atoms with Crippen molar-refractivity contribution in [1.82, 2.24) is 10.2 Å². The molecule has 132 valence electrons. The first-order valence-corrected chi connectivity index (χ1v) is 8.11. The van der Waals surface area contributed by atoms with Crippen molar-refractivity contribution in [3.8, 4) is 0 Å². The maximum atomic E-state index is 14.4. The number of ether oxygens (including phenoxy) is 1. The summed E-state index contributed by atoms with van der Waals surface area (Å²) in [5, 5.41) is 3.97. The highest BCUT2D eigenvalue weighted by molar-refractivity contribution is 6.30. The molecule has 7 heteroatoms. The zero-order valence-corrected chi connectivity index (χ0v) is 15.4. The molecule has 0 aromatic heterocycles. The monoisotopic (exact) mass is 384 g/mol. The third-order valence-electron chi connectivity index (χ3n) is 4.53. The van der Waals surface area contributed by atoms with Crippen molar-refractivity contribution in [2.75, 3.05) is 39.4 Å². The van der Waals surface area contributed by atoms with Gasteiger partial charge in [-0.1, -0.05) is 11.6 Å². The molecule has 2 heterocycles. The van der Waals surface area contributed by atoms with E-state index < -0.39 is 0 Å². The summed E-state index contributed by atoms with van der Waals surface area (Å²) in [5.74, 6) is 0.291. The predicted molar refractivity (Wildman–Crippen MR) is 96.6 cm³/mol. The number of piperazine rings is 1. The lowest BCUT2D eigenvalue weighted by molar-refractivity contribution is 0.0203. The predicted octanol–water partition coefficient (Wildman–Crippen LogP) is 3.70. The van der Waals surface area contributed by atoms with Gasteiger partial charge in [-0.3, -0.25) is 4.90 Å². The van der Waals surface area contributed by atoms with Crippen LogP contribution in [0.15, 0.2) is 18.2 Å². The Kier molecular flexibility index (Phi) is 9.12. The standard InChI is InChI=1S/C16H22ClFN2O.2ClH/c17-13-1-2-15(18)14(11-13)16(12-3-9-21-10-4-12)20-7-5-19-6-8-20;;/h1-2,11-12,16,19H,3-10H2;2*1H/t16-;;/m1../s1. The van der Waals surface area contributed by atoms with Crippen LogP contribution in [0.4, 0.5) is 4.39 Å². The Morgan fingerprint density at radius 1 is 1.17 bits per heavy atom. The molecular weight excluding hydrogens is 362 g/mol. The van der Waals surface area contributed by atoms with E-state index in [1.807, 2.05) is 0 Å². The normalized spacial score (nSPS) is 21.1. The maximum Gasteiger partial charge on any atom is 0.128 e. The van der Waals surface area contributed by atoms with Gasteiger partial charge in [0.05, 0.1) is 0 Å². The minimum Gasteiger partial charge on any atom is -0.381 e. The molecule has 0 saturated carbocycles. The van der Waals surface area contributed by atoms with Crippen LogP contribution in [0.25, 0.3) is 0 Å². The van der Waals surface area contributed by atoms with Crippen LogP contribution in [0.5, 0.6) is 0 Å². The SMILES string of the molecule is Cl.Cl.Fc1ccc(Cl)cc1[C@@H](C1CCOCC1)N1CCNCC1. The minimum atomic E-state index is -0.144. The molecule has 2 aliphatic rings. The van der Waals surface area contributed by atoms with E-state index in [2.05, 4.69) is 10.2 Å². The lowest BCUT2D eigenvalue weighted by atomic mass is 9.85. The Bertz CT molecular complexity index is 462. The molecule has 2 saturated heterocycles. The van der Waals surface area contributed by atoms with E-state index in [0.29, 0.717) is 10.9 Å². The molecule has 1 atom stereocenters. The van der Waals surface area contributed by atoms with Gasteiger partial charge < -0.3 is 10.1 Å². The summed E-state index contributed by atoms with van der Waals surface area (Å²) in [6.07, 6.45) is 1.97. The summed E-state index contributed by atoms with van der Waals surface area (Å²) in [5.41, 5.74) is 0.747. The summed E-state index contributed by atoms with van der Waals surface area (Å²) in [6, 6.07) is 5.03. The molecule has 0 spiro atoms. The van der Waals surface area contributed by atoms with Gasteiger partial charge in [0.2, 0.25) is 0 Å². The van der Waals surface area contributed by atoms with E-state index >= 15 is 0 Å². The van der Waals surface area contributed by atoms with Gasteiger partial charge in [0.1, 0.15) is 5.82 Å². The van der Waals surface area contributed by atoms with Crippen molar-refractivity contribution in [3.05, 3.63) is 34.6 Å². The van der Waals surface area contributed by atoms with Crippen molar-refractivity contribution < 1.29 is 9.13 Å². The third kappa shape index (κ3) is 5.18. The van der Waals surface area contributed by atoms with Gasteiger partial charge in [-0.05, 0) is 37.0 Å². The summed E-state index contributed by atoms with van der Waals surface area (Å²) in [7, 11) is 0. The Morgan fingerprint density at radius 3 is 2.48 bits per heavy atom. The largest absolute Gasteiger partial charge is 0.381 e. The molecule has 2 fully saturated rings. The Labute approximate surface area is 154 Å². The Balaban J connectivity index is 0.00000132. The molecule has 1 N–H and O–H groups in total. The van der Waals surface area contributed by atoms with Gasteiger partial charge in [-0.15, -0.1) is 24.8 Å². The number of hydrogen-bond acceptors (Lipinski definition) is 3. The van der Waals surface area contributed by atoms with Crippen LogP contribution < -0.4 is 5.32 Å². The summed E-state index contributed by atoms with van der Waals surface area (Å²) in [6.45, 7) is 5.37. The number of halogens is 4. The van der Waals surface area contributed by atoms with Crippen LogP contribution in [0.2, 0.25) is 5.02 Å². The van der Waals surface area contributed by atoms with Gasteiger partial charge in [0.25, 0.3) is 0 Å². The van der Waals surface area contributed by atoms with Crippen LogP contribution in [-0.2, 0) is 4.74 Å². The molecule has 3 nitrogen and oxygen atoms in total. The average Bonchev–Trinajstić information content (AvgIpc) is 2.53. The van der Waals surface area contributed by atoms with Gasteiger partial charge in [-0.2, -0.15) is 0 Å². The Morgan fingerprint density at radius 2 is 1.83 bits per heavy atom. The van der Waals surface area contributed by atoms with Crippen molar-refractivity contribution in [3.63, 3.8) is 0 Å². The van der Waals surface area contributed by atoms with E-state index in [-0.39, 0.29) is 36.7 Å². The van der Waals surface area contributed by atoms with E-state index in [1.54, 1.807) is 12.1 Å². The highest BCUT2D eigenvalue weighted by Gasteiger charge is 2.33. The van der Waals surface area contributed by atoms with E-state index in [9.17, 15) is 4.39 Å². The Hall–Kier alpha value is -0.100. The van der Waals surface area contributed by atoms with E-state index in [0.717, 1.165) is 57.8 Å². The van der Waals surface area contributed by atoms with Crippen molar-refractivity contribution in [2.45, 2.75) is 18.9 Å². The molecule has 2 aliphatic heterocycles. The van der Waals surface area contributed by atoms with Gasteiger partial charge in [0, 0.05) is 56.0 Å². The molecule has 0 amide bonds. The molecule has 3 rings (SSSR count). The third-order valence-corrected chi connectivity index (χ3v) is 4.77. The van der Waals surface area contributed by atoms with E-state index in [4.69, 9.17) is 16.3 Å². The first-order chi connectivity index (χ1) is 10.3. The minimum absolute atomic E-state index is 0. The zero-order valence-electron chi connectivity index (χ0n) is 13.0. The summed E-state index contributed by atoms with van der Waals surface area (Å²) < 4.78 is 19.9. The lowest BCUT2D eigenvalue weighted by Crippen LogP contribution is -2.47. The maximum absolute atomic E-state index is 14.4.